The number of nitrogens with zero attached hydrogens (tertiary/aromatic N) is 2. The molecule has 3 nitrogen and oxygen atoms in total. The molecule has 3 heteroatoms. The van der Waals surface area contributed by atoms with Crippen LogP contribution in [0.15, 0.2) is 42.9 Å². The van der Waals surface area contributed by atoms with Gasteiger partial charge in [0.1, 0.15) is 0 Å². The first-order chi connectivity index (χ1) is 9.85. The number of benzene rings is 1. The number of aromatic nitrogens is 2. The lowest BCUT2D eigenvalue weighted by molar-refractivity contribution is 0.584. The van der Waals surface area contributed by atoms with Crippen LogP contribution in [0.4, 0.5) is 0 Å². The van der Waals surface area contributed by atoms with E-state index in [9.17, 15) is 0 Å². The predicted octanol–water partition coefficient (Wildman–Crippen LogP) is 3.52. The quantitative estimate of drug-likeness (QED) is 0.835. The van der Waals surface area contributed by atoms with E-state index in [2.05, 4.69) is 53.4 Å². The van der Waals surface area contributed by atoms with Crippen LogP contribution in [0.25, 0.3) is 0 Å². The minimum Gasteiger partial charge on any atom is -0.305 e. The molecule has 1 unspecified atom stereocenters. The molecular weight excluding hydrogens is 246 g/mol. The van der Waals surface area contributed by atoms with Crippen LogP contribution in [0, 0.1) is 0 Å². The summed E-state index contributed by atoms with van der Waals surface area (Å²) in [7, 11) is 0. The molecule has 0 amide bonds. The highest BCUT2D eigenvalue weighted by Crippen LogP contribution is 2.20. The first kappa shape index (κ1) is 14.7. The fourth-order valence-corrected chi connectivity index (χ4v) is 2.31. The lowest BCUT2D eigenvalue weighted by Gasteiger charge is -2.18. The SMILES string of the molecule is CCCNC(c1ccc(CCC)cc1)c1cnccn1. The van der Waals surface area contributed by atoms with Crippen LogP contribution < -0.4 is 5.32 Å². The molecule has 0 fully saturated rings. The fourth-order valence-electron chi connectivity index (χ4n) is 2.31. The van der Waals surface area contributed by atoms with E-state index < -0.39 is 0 Å². The average molecular weight is 269 g/mol. The first-order valence-corrected chi connectivity index (χ1v) is 7.43. The molecule has 1 atom stereocenters. The van der Waals surface area contributed by atoms with Crippen molar-refractivity contribution in [2.24, 2.45) is 0 Å². The zero-order chi connectivity index (χ0) is 14.2. The predicted molar refractivity (Wildman–Crippen MR) is 82.6 cm³/mol. The van der Waals surface area contributed by atoms with Crippen LogP contribution in [0.2, 0.25) is 0 Å². The molecule has 0 aliphatic carbocycles. The smallest absolute Gasteiger partial charge is 0.0801 e. The van der Waals surface area contributed by atoms with E-state index in [4.69, 9.17) is 0 Å². The summed E-state index contributed by atoms with van der Waals surface area (Å²) >= 11 is 0. The summed E-state index contributed by atoms with van der Waals surface area (Å²) in [5, 5.41) is 3.55. The molecule has 0 saturated heterocycles. The van der Waals surface area contributed by atoms with E-state index in [1.54, 1.807) is 12.4 Å². The van der Waals surface area contributed by atoms with Crippen LogP contribution >= 0.6 is 0 Å². The van der Waals surface area contributed by atoms with Gasteiger partial charge in [0.25, 0.3) is 0 Å². The van der Waals surface area contributed by atoms with Gasteiger partial charge in [0, 0.05) is 12.4 Å². The minimum absolute atomic E-state index is 0.124. The van der Waals surface area contributed by atoms with Crippen LogP contribution in [0.3, 0.4) is 0 Å². The molecule has 1 aromatic heterocycles. The summed E-state index contributed by atoms with van der Waals surface area (Å²) in [6.45, 7) is 5.35. The molecule has 0 radical (unpaired) electrons. The molecule has 0 bridgehead atoms. The van der Waals surface area contributed by atoms with E-state index in [1.165, 1.54) is 17.5 Å². The Balaban J connectivity index is 2.22. The molecule has 106 valence electrons. The molecule has 1 N–H and O–H groups in total. The van der Waals surface area contributed by atoms with Crippen LogP contribution in [0.1, 0.15) is 49.6 Å². The highest BCUT2D eigenvalue weighted by Gasteiger charge is 2.14. The summed E-state index contributed by atoms with van der Waals surface area (Å²) in [6, 6.07) is 8.96. The zero-order valence-corrected chi connectivity index (χ0v) is 12.3. The van der Waals surface area contributed by atoms with Crippen molar-refractivity contribution >= 4 is 0 Å². The Kier molecular flexibility index (Phi) is 5.69. The van der Waals surface area contributed by atoms with E-state index in [0.29, 0.717) is 0 Å². The van der Waals surface area contributed by atoms with Crippen molar-refractivity contribution in [3.05, 3.63) is 59.7 Å². The molecule has 2 aromatic rings. The van der Waals surface area contributed by atoms with Crippen molar-refractivity contribution in [1.82, 2.24) is 15.3 Å². The maximum absolute atomic E-state index is 4.44. The fraction of sp³-hybridized carbons (Fsp3) is 0.412. The van der Waals surface area contributed by atoms with E-state index in [1.807, 2.05) is 6.20 Å². The van der Waals surface area contributed by atoms with Gasteiger partial charge in [-0.3, -0.25) is 9.97 Å². The maximum atomic E-state index is 4.44. The third-order valence-electron chi connectivity index (χ3n) is 3.33. The van der Waals surface area contributed by atoms with Gasteiger partial charge in [0.15, 0.2) is 0 Å². The third kappa shape index (κ3) is 3.87. The Labute approximate surface area is 121 Å². The molecule has 1 heterocycles. The normalized spacial score (nSPS) is 12.3. The van der Waals surface area contributed by atoms with Gasteiger partial charge < -0.3 is 5.32 Å². The van der Waals surface area contributed by atoms with Crippen LogP contribution in [-0.4, -0.2) is 16.5 Å². The Morgan fingerprint density at radius 3 is 2.45 bits per heavy atom. The summed E-state index contributed by atoms with van der Waals surface area (Å²) in [6.07, 6.45) is 8.73. The summed E-state index contributed by atoms with van der Waals surface area (Å²) in [5.74, 6) is 0. The zero-order valence-electron chi connectivity index (χ0n) is 12.3. The first-order valence-electron chi connectivity index (χ1n) is 7.43. The molecule has 1 aromatic carbocycles. The number of hydrogen-bond donors (Lipinski definition) is 1. The second kappa shape index (κ2) is 7.75. The summed E-state index contributed by atoms with van der Waals surface area (Å²) in [5.41, 5.74) is 3.62. The molecule has 0 aliphatic heterocycles. The summed E-state index contributed by atoms with van der Waals surface area (Å²) < 4.78 is 0. The van der Waals surface area contributed by atoms with Gasteiger partial charge in [0.2, 0.25) is 0 Å². The van der Waals surface area contributed by atoms with Gasteiger partial charge in [-0.1, -0.05) is 44.5 Å². The monoisotopic (exact) mass is 269 g/mol. The van der Waals surface area contributed by atoms with Crippen molar-refractivity contribution in [3.8, 4) is 0 Å². The van der Waals surface area contributed by atoms with Crippen LogP contribution in [0.5, 0.6) is 0 Å². The highest BCUT2D eigenvalue weighted by molar-refractivity contribution is 5.30. The second-order valence-electron chi connectivity index (χ2n) is 5.01. The second-order valence-corrected chi connectivity index (χ2v) is 5.01. The molecule has 2 rings (SSSR count). The molecule has 0 aliphatic rings. The molecule has 20 heavy (non-hydrogen) atoms. The topological polar surface area (TPSA) is 37.8 Å². The Hall–Kier alpha value is -1.74. The number of aryl methyl sites for hydroxylation is 1. The molecule has 0 spiro atoms. The Bertz CT molecular complexity index is 493. The largest absolute Gasteiger partial charge is 0.305 e. The van der Waals surface area contributed by atoms with Gasteiger partial charge in [-0.25, -0.2) is 0 Å². The third-order valence-corrected chi connectivity index (χ3v) is 3.33. The van der Waals surface area contributed by atoms with E-state index in [-0.39, 0.29) is 6.04 Å². The highest BCUT2D eigenvalue weighted by atomic mass is 14.9. The number of hydrogen-bond acceptors (Lipinski definition) is 3. The van der Waals surface area contributed by atoms with Gasteiger partial charge in [-0.05, 0) is 30.5 Å². The lowest BCUT2D eigenvalue weighted by atomic mass is 10.0. The van der Waals surface area contributed by atoms with Gasteiger partial charge in [-0.15, -0.1) is 0 Å². The van der Waals surface area contributed by atoms with Crippen molar-refractivity contribution in [2.75, 3.05) is 6.54 Å². The standard InChI is InChI=1S/C17H23N3/c1-3-5-14-6-8-15(9-7-14)17(20-10-4-2)16-13-18-11-12-19-16/h6-9,11-13,17,20H,3-5,10H2,1-2H3. The Morgan fingerprint density at radius 1 is 1.05 bits per heavy atom. The van der Waals surface area contributed by atoms with Crippen molar-refractivity contribution in [3.63, 3.8) is 0 Å². The van der Waals surface area contributed by atoms with Crippen LogP contribution in [-0.2, 0) is 6.42 Å². The summed E-state index contributed by atoms with van der Waals surface area (Å²) in [4.78, 5) is 8.63. The lowest BCUT2D eigenvalue weighted by Crippen LogP contribution is -2.24. The van der Waals surface area contributed by atoms with Gasteiger partial charge >= 0.3 is 0 Å². The number of rotatable bonds is 7. The molecule has 0 saturated carbocycles. The van der Waals surface area contributed by atoms with Crippen molar-refractivity contribution in [1.29, 1.82) is 0 Å². The number of nitrogens with one attached hydrogen (secondary N) is 1. The van der Waals surface area contributed by atoms with Crippen molar-refractivity contribution < 1.29 is 0 Å². The average Bonchev–Trinajstić information content (AvgIpc) is 2.51. The Morgan fingerprint density at radius 2 is 1.85 bits per heavy atom. The molecular formula is C17H23N3. The van der Waals surface area contributed by atoms with Gasteiger partial charge in [0.05, 0.1) is 17.9 Å². The van der Waals surface area contributed by atoms with Crippen molar-refractivity contribution in [2.45, 2.75) is 39.2 Å². The van der Waals surface area contributed by atoms with E-state index in [0.717, 1.165) is 25.1 Å². The maximum Gasteiger partial charge on any atom is 0.0801 e. The minimum atomic E-state index is 0.124. The van der Waals surface area contributed by atoms with E-state index >= 15 is 0 Å². The van der Waals surface area contributed by atoms with Gasteiger partial charge in [-0.2, -0.15) is 0 Å².